The van der Waals surface area contributed by atoms with Gasteiger partial charge in [-0.05, 0) is 24.6 Å². The molecule has 7 nitrogen and oxygen atoms in total. The third-order valence-corrected chi connectivity index (χ3v) is 5.17. The molecule has 1 aromatic rings. The second-order valence-electron chi connectivity index (χ2n) is 7.53. The first-order chi connectivity index (χ1) is 15.0. The summed E-state index contributed by atoms with van der Waals surface area (Å²) < 4.78 is 5.19. The van der Waals surface area contributed by atoms with E-state index in [4.69, 9.17) is 10.5 Å². The lowest BCUT2D eigenvalue weighted by Gasteiger charge is -2.23. The highest BCUT2D eigenvalue weighted by molar-refractivity contribution is 6.17. The number of carbonyl (C=O) groups is 1. The van der Waals surface area contributed by atoms with E-state index in [9.17, 15) is 4.79 Å². The number of rotatable bonds is 6. The number of allylic oxidation sites excluding steroid dienone is 6. The van der Waals surface area contributed by atoms with Crippen LogP contribution in [0, 0.1) is 5.92 Å². The van der Waals surface area contributed by atoms with E-state index in [0.717, 1.165) is 29.1 Å². The number of hydrogen-bond donors (Lipinski definition) is 3. The Morgan fingerprint density at radius 3 is 2.94 bits per heavy atom. The summed E-state index contributed by atoms with van der Waals surface area (Å²) in [6, 6.07) is 6.97. The minimum atomic E-state index is -0.279. The molecule has 1 atom stereocenters. The first-order valence-corrected chi connectivity index (χ1v) is 10.2. The van der Waals surface area contributed by atoms with Gasteiger partial charge >= 0.3 is 6.03 Å². The number of urea groups is 1. The van der Waals surface area contributed by atoms with E-state index in [1.54, 1.807) is 32.6 Å². The van der Waals surface area contributed by atoms with E-state index in [2.05, 4.69) is 33.6 Å². The topological polar surface area (TPSA) is 101 Å². The number of amides is 2. The average molecular weight is 420 g/mol. The predicted molar refractivity (Wildman–Crippen MR) is 127 cm³/mol. The molecule has 31 heavy (non-hydrogen) atoms. The van der Waals surface area contributed by atoms with Gasteiger partial charge in [0, 0.05) is 66.9 Å². The molecule has 1 aliphatic heterocycles. The molecule has 2 amide bonds. The summed E-state index contributed by atoms with van der Waals surface area (Å²) >= 11 is 0. The zero-order valence-electron chi connectivity index (χ0n) is 18.2. The largest absolute Gasteiger partial charge is 0.497 e. The molecule has 4 N–H and O–H groups in total. The molecule has 1 aromatic carbocycles. The Morgan fingerprint density at radius 1 is 1.35 bits per heavy atom. The van der Waals surface area contributed by atoms with Crippen molar-refractivity contribution in [2.45, 2.75) is 26.2 Å². The van der Waals surface area contributed by atoms with Crippen molar-refractivity contribution in [1.29, 1.82) is 0 Å². The Kier molecular flexibility index (Phi) is 7.43. The van der Waals surface area contributed by atoms with Crippen molar-refractivity contribution in [2.24, 2.45) is 21.6 Å². The number of anilines is 1. The molecule has 0 spiro atoms. The summed E-state index contributed by atoms with van der Waals surface area (Å²) in [5.74, 6) is 0.858. The number of nitrogens with zero attached hydrogens (tertiary/aromatic N) is 2. The summed E-state index contributed by atoms with van der Waals surface area (Å²) in [6.45, 7) is 2.10. The van der Waals surface area contributed by atoms with Crippen LogP contribution < -0.4 is 21.1 Å². The quantitative estimate of drug-likeness (QED) is 0.598. The normalized spacial score (nSPS) is 18.8. The van der Waals surface area contributed by atoms with Crippen LogP contribution in [-0.2, 0) is 0 Å². The van der Waals surface area contributed by atoms with Gasteiger partial charge in [0.15, 0.2) is 0 Å². The fraction of sp³-hybridized carbons (Fsp3) is 0.292. The van der Waals surface area contributed by atoms with Crippen LogP contribution >= 0.6 is 0 Å². The number of aliphatic imine (C=N–C) groups is 2. The van der Waals surface area contributed by atoms with E-state index in [-0.39, 0.29) is 11.9 Å². The molecule has 0 radical (unpaired) electrons. The highest BCUT2D eigenvalue weighted by Crippen LogP contribution is 2.27. The van der Waals surface area contributed by atoms with Crippen LogP contribution in [0.4, 0.5) is 10.5 Å². The summed E-state index contributed by atoms with van der Waals surface area (Å²) in [4.78, 5) is 21.1. The van der Waals surface area contributed by atoms with E-state index in [1.807, 2.05) is 30.4 Å². The number of methoxy groups -OCH3 is 1. The number of carbonyl (C=O) groups excluding carboxylic acids is 1. The second-order valence-corrected chi connectivity index (χ2v) is 7.53. The molecule has 3 rings (SSSR count). The van der Waals surface area contributed by atoms with Crippen molar-refractivity contribution in [1.82, 2.24) is 5.32 Å². The van der Waals surface area contributed by atoms with E-state index < -0.39 is 0 Å². The lowest BCUT2D eigenvalue weighted by Crippen LogP contribution is -2.31. The van der Waals surface area contributed by atoms with Gasteiger partial charge in [0.05, 0.1) is 12.8 Å². The molecule has 0 bridgehead atoms. The molecular formula is C24H29N5O2. The SMILES string of the molecule is CN=CC1=C(N)CC=CN=C1CC1=CC=C(NC(=O)Nc2cccc(OC)c2)C(C)C1. The van der Waals surface area contributed by atoms with Gasteiger partial charge in [-0.2, -0.15) is 0 Å². The van der Waals surface area contributed by atoms with E-state index in [1.165, 1.54) is 5.57 Å². The molecule has 1 heterocycles. The fourth-order valence-electron chi connectivity index (χ4n) is 3.56. The Bertz CT molecular complexity index is 1010. The second kappa shape index (κ2) is 10.4. The summed E-state index contributed by atoms with van der Waals surface area (Å²) in [5, 5.41) is 5.80. The maximum Gasteiger partial charge on any atom is 0.323 e. The standard InChI is InChI=1S/C24H29N5O2/c1-16-12-17(13-23-20(15-26-2)21(25)8-5-11-27-23)9-10-22(16)29-24(30)28-18-6-4-7-19(14-18)31-3/h4-7,9-11,14-16H,8,12-13,25H2,1-3H3,(H2,28,29,30). The van der Waals surface area contributed by atoms with Gasteiger partial charge in [-0.1, -0.05) is 30.7 Å². The Balaban J connectivity index is 1.67. The molecule has 1 aliphatic carbocycles. The van der Waals surface area contributed by atoms with Gasteiger partial charge in [-0.25, -0.2) is 4.79 Å². The summed E-state index contributed by atoms with van der Waals surface area (Å²) in [7, 11) is 3.33. The molecule has 2 aliphatic rings. The van der Waals surface area contributed by atoms with Crippen molar-refractivity contribution in [3.05, 3.63) is 71.2 Å². The molecule has 0 aromatic heterocycles. The highest BCUT2D eigenvalue weighted by atomic mass is 16.5. The van der Waals surface area contributed by atoms with Crippen LogP contribution in [-0.4, -0.2) is 32.1 Å². The Morgan fingerprint density at radius 2 is 2.19 bits per heavy atom. The van der Waals surface area contributed by atoms with Crippen LogP contribution in [0.2, 0.25) is 0 Å². The van der Waals surface area contributed by atoms with Crippen LogP contribution in [0.1, 0.15) is 26.2 Å². The zero-order chi connectivity index (χ0) is 22.2. The van der Waals surface area contributed by atoms with Crippen LogP contribution in [0.25, 0.3) is 0 Å². The van der Waals surface area contributed by atoms with Crippen molar-refractivity contribution in [3.63, 3.8) is 0 Å². The number of ether oxygens (including phenoxy) is 1. The summed E-state index contributed by atoms with van der Waals surface area (Å²) in [5.41, 5.74) is 11.6. The van der Waals surface area contributed by atoms with Gasteiger partial charge in [-0.3, -0.25) is 9.98 Å². The van der Waals surface area contributed by atoms with Crippen molar-refractivity contribution in [2.75, 3.05) is 19.5 Å². The Labute approximate surface area is 183 Å². The monoisotopic (exact) mass is 419 g/mol. The van der Waals surface area contributed by atoms with Gasteiger partial charge in [-0.15, -0.1) is 0 Å². The maximum atomic E-state index is 12.4. The van der Waals surface area contributed by atoms with Crippen molar-refractivity contribution >= 4 is 23.6 Å². The number of benzene rings is 1. The predicted octanol–water partition coefficient (Wildman–Crippen LogP) is 4.33. The molecule has 0 saturated heterocycles. The smallest absolute Gasteiger partial charge is 0.323 e. The maximum absolute atomic E-state index is 12.4. The van der Waals surface area contributed by atoms with Gasteiger partial charge in [0.1, 0.15) is 5.75 Å². The van der Waals surface area contributed by atoms with Crippen molar-refractivity contribution in [3.8, 4) is 5.75 Å². The van der Waals surface area contributed by atoms with E-state index >= 15 is 0 Å². The van der Waals surface area contributed by atoms with Crippen molar-refractivity contribution < 1.29 is 9.53 Å². The third-order valence-electron chi connectivity index (χ3n) is 5.17. The fourth-order valence-corrected chi connectivity index (χ4v) is 3.56. The third kappa shape index (κ3) is 5.94. The minimum absolute atomic E-state index is 0.169. The highest BCUT2D eigenvalue weighted by Gasteiger charge is 2.20. The first-order valence-electron chi connectivity index (χ1n) is 10.2. The molecule has 0 fully saturated rings. The van der Waals surface area contributed by atoms with Crippen LogP contribution in [0.5, 0.6) is 5.75 Å². The average Bonchev–Trinajstić information content (AvgIpc) is 2.92. The summed E-state index contributed by atoms with van der Waals surface area (Å²) in [6.07, 6.45) is 11.7. The molecule has 1 unspecified atom stereocenters. The van der Waals surface area contributed by atoms with E-state index in [0.29, 0.717) is 24.3 Å². The molecule has 0 saturated carbocycles. The lowest BCUT2D eigenvalue weighted by molar-refractivity contribution is 0.253. The van der Waals surface area contributed by atoms with Gasteiger partial charge in [0.25, 0.3) is 0 Å². The van der Waals surface area contributed by atoms with Crippen LogP contribution in [0.3, 0.4) is 0 Å². The minimum Gasteiger partial charge on any atom is -0.497 e. The first kappa shape index (κ1) is 22.1. The molecule has 7 heteroatoms. The zero-order valence-corrected chi connectivity index (χ0v) is 18.2. The number of nitrogens with one attached hydrogen (secondary N) is 2. The Hall–Kier alpha value is -3.61. The lowest BCUT2D eigenvalue weighted by atomic mass is 9.88. The number of hydrogen-bond acceptors (Lipinski definition) is 5. The van der Waals surface area contributed by atoms with Crippen LogP contribution in [0.15, 0.2) is 81.2 Å². The van der Waals surface area contributed by atoms with Gasteiger partial charge < -0.3 is 21.1 Å². The number of nitrogens with two attached hydrogens (primary N) is 1. The van der Waals surface area contributed by atoms with Gasteiger partial charge in [0.2, 0.25) is 0 Å². The molecule has 162 valence electrons. The molecular weight excluding hydrogens is 390 g/mol.